The molecule has 0 aromatic heterocycles. The minimum Gasteiger partial charge on any atom is -0.387 e. The predicted octanol–water partition coefficient (Wildman–Crippen LogP) is 3.20. The minimum atomic E-state index is -0.588. The van der Waals surface area contributed by atoms with Crippen LogP contribution in [0.3, 0.4) is 0 Å². The summed E-state index contributed by atoms with van der Waals surface area (Å²) in [5.74, 6) is 0.172. The van der Waals surface area contributed by atoms with Crippen LogP contribution in [-0.4, -0.2) is 23.6 Å². The van der Waals surface area contributed by atoms with Gasteiger partial charge in [0.05, 0.1) is 6.10 Å². The lowest BCUT2D eigenvalue weighted by Gasteiger charge is -2.32. The molecule has 1 atom stereocenters. The lowest BCUT2D eigenvalue weighted by molar-refractivity contribution is -0.118. The van der Waals surface area contributed by atoms with Crippen LogP contribution in [0.15, 0.2) is 48.5 Å². The molecular weight excluding hydrogens is 312 g/mol. The molecule has 1 aliphatic rings. The summed E-state index contributed by atoms with van der Waals surface area (Å²) in [4.78, 5) is 13.5. The number of hydrogen-bond donors (Lipinski definition) is 2. The van der Waals surface area contributed by atoms with E-state index in [0.717, 1.165) is 23.2 Å². The molecule has 132 valence electrons. The predicted molar refractivity (Wildman–Crippen MR) is 100 cm³/mol. The summed E-state index contributed by atoms with van der Waals surface area (Å²) < 4.78 is 0. The zero-order chi connectivity index (χ0) is 18.0. The SMILES string of the molecule is CN1C(=O)CCc2cc(CNC(C)(C)C(O)c3ccccc3)ccc21. The van der Waals surface area contributed by atoms with Gasteiger partial charge >= 0.3 is 0 Å². The van der Waals surface area contributed by atoms with Crippen LogP contribution in [0.2, 0.25) is 0 Å². The fourth-order valence-electron chi connectivity index (χ4n) is 3.30. The van der Waals surface area contributed by atoms with Crippen LogP contribution in [-0.2, 0) is 17.8 Å². The van der Waals surface area contributed by atoms with Crippen molar-refractivity contribution in [3.05, 3.63) is 65.2 Å². The number of carbonyl (C=O) groups excluding carboxylic acids is 1. The average Bonchev–Trinajstić information content (AvgIpc) is 2.63. The average molecular weight is 338 g/mol. The first-order valence-corrected chi connectivity index (χ1v) is 8.75. The van der Waals surface area contributed by atoms with Crippen molar-refractivity contribution in [1.82, 2.24) is 5.32 Å². The van der Waals surface area contributed by atoms with Crippen molar-refractivity contribution in [2.45, 2.75) is 44.9 Å². The van der Waals surface area contributed by atoms with Crippen molar-refractivity contribution in [2.24, 2.45) is 0 Å². The van der Waals surface area contributed by atoms with Gasteiger partial charge in [0.25, 0.3) is 0 Å². The molecule has 3 rings (SSSR count). The number of carbonyl (C=O) groups is 1. The van der Waals surface area contributed by atoms with Crippen LogP contribution in [0, 0.1) is 0 Å². The number of anilines is 1. The first kappa shape index (κ1) is 17.6. The lowest BCUT2D eigenvalue weighted by atomic mass is 9.91. The highest BCUT2D eigenvalue weighted by molar-refractivity contribution is 5.95. The molecule has 4 nitrogen and oxygen atoms in total. The molecular formula is C21H26N2O2. The summed E-state index contributed by atoms with van der Waals surface area (Å²) in [5, 5.41) is 14.1. The fourth-order valence-corrected chi connectivity index (χ4v) is 3.30. The number of aliphatic hydroxyl groups excluding tert-OH is 1. The Morgan fingerprint density at radius 1 is 1.16 bits per heavy atom. The summed E-state index contributed by atoms with van der Waals surface area (Å²) >= 11 is 0. The first-order valence-electron chi connectivity index (χ1n) is 8.75. The second-order valence-corrected chi connectivity index (χ2v) is 7.30. The van der Waals surface area contributed by atoms with Crippen LogP contribution < -0.4 is 10.2 Å². The van der Waals surface area contributed by atoms with Gasteiger partial charge in [-0.05, 0) is 43.0 Å². The Labute approximate surface area is 149 Å². The second kappa shape index (κ2) is 6.98. The Hall–Kier alpha value is -2.17. The quantitative estimate of drug-likeness (QED) is 0.880. The molecule has 2 N–H and O–H groups in total. The molecule has 0 bridgehead atoms. The van der Waals surface area contributed by atoms with E-state index in [9.17, 15) is 9.90 Å². The molecule has 0 saturated heterocycles. The van der Waals surface area contributed by atoms with E-state index >= 15 is 0 Å². The summed E-state index contributed by atoms with van der Waals surface area (Å²) in [6.07, 6.45) is 0.774. The monoisotopic (exact) mass is 338 g/mol. The van der Waals surface area contributed by atoms with Gasteiger partial charge in [-0.15, -0.1) is 0 Å². The van der Waals surface area contributed by atoms with Gasteiger partial charge in [-0.2, -0.15) is 0 Å². The maximum Gasteiger partial charge on any atom is 0.227 e. The summed E-state index contributed by atoms with van der Waals surface area (Å²) in [6.45, 7) is 4.69. The number of aryl methyl sites for hydroxylation is 1. The highest BCUT2D eigenvalue weighted by atomic mass is 16.3. The van der Waals surface area contributed by atoms with Gasteiger partial charge in [-0.3, -0.25) is 4.79 Å². The van der Waals surface area contributed by atoms with Crippen molar-refractivity contribution in [2.75, 3.05) is 11.9 Å². The smallest absolute Gasteiger partial charge is 0.227 e. The maximum atomic E-state index is 11.8. The number of aliphatic hydroxyl groups is 1. The highest BCUT2D eigenvalue weighted by Gasteiger charge is 2.28. The van der Waals surface area contributed by atoms with E-state index in [0.29, 0.717) is 13.0 Å². The molecule has 4 heteroatoms. The van der Waals surface area contributed by atoms with Crippen LogP contribution in [0.1, 0.15) is 43.1 Å². The van der Waals surface area contributed by atoms with Crippen LogP contribution in [0.4, 0.5) is 5.69 Å². The Morgan fingerprint density at radius 2 is 1.88 bits per heavy atom. The van der Waals surface area contributed by atoms with E-state index in [2.05, 4.69) is 11.4 Å². The molecule has 0 fully saturated rings. The molecule has 1 amide bonds. The third kappa shape index (κ3) is 3.75. The molecule has 0 aliphatic carbocycles. The Kier molecular flexibility index (Phi) is 4.93. The Bertz CT molecular complexity index is 756. The minimum absolute atomic E-state index is 0.172. The van der Waals surface area contributed by atoms with E-state index < -0.39 is 11.6 Å². The van der Waals surface area contributed by atoms with Crippen LogP contribution in [0.25, 0.3) is 0 Å². The van der Waals surface area contributed by atoms with E-state index in [1.54, 1.807) is 4.90 Å². The van der Waals surface area contributed by atoms with E-state index in [-0.39, 0.29) is 5.91 Å². The van der Waals surface area contributed by atoms with Gasteiger partial charge in [-0.25, -0.2) is 0 Å². The van der Waals surface area contributed by atoms with Crippen molar-refractivity contribution >= 4 is 11.6 Å². The number of fused-ring (bicyclic) bond motifs is 1. The van der Waals surface area contributed by atoms with E-state index in [1.165, 1.54) is 5.56 Å². The zero-order valence-electron chi connectivity index (χ0n) is 15.1. The molecule has 1 unspecified atom stereocenters. The first-order chi connectivity index (χ1) is 11.9. The summed E-state index contributed by atoms with van der Waals surface area (Å²) in [7, 11) is 1.83. The van der Waals surface area contributed by atoms with Gasteiger partial charge in [0.2, 0.25) is 5.91 Å². The van der Waals surface area contributed by atoms with E-state index in [1.807, 2.05) is 63.4 Å². The van der Waals surface area contributed by atoms with Crippen LogP contribution in [0.5, 0.6) is 0 Å². The standard InChI is InChI=1S/C21H26N2O2/c1-21(2,20(25)16-7-5-4-6-8-16)22-14-15-9-11-18-17(13-15)10-12-19(24)23(18)3/h4-9,11,13,20,22,25H,10,12,14H2,1-3H3. The van der Waals surface area contributed by atoms with Crippen molar-refractivity contribution < 1.29 is 9.90 Å². The highest BCUT2D eigenvalue weighted by Crippen LogP contribution is 2.29. The molecule has 2 aromatic rings. The van der Waals surface area contributed by atoms with Crippen molar-refractivity contribution in [1.29, 1.82) is 0 Å². The van der Waals surface area contributed by atoms with Crippen molar-refractivity contribution in [3.8, 4) is 0 Å². The lowest BCUT2D eigenvalue weighted by Crippen LogP contribution is -2.44. The molecule has 1 heterocycles. The zero-order valence-corrected chi connectivity index (χ0v) is 15.1. The number of nitrogens with one attached hydrogen (secondary N) is 1. The molecule has 25 heavy (non-hydrogen) atoms. The van der Waals surface area contributed by atoms with Gasteiger partial charge in [0, 0.05) is 31.2 Å². The van der Waals surface area contributed by atoms with Crippen LogP contribution >= 0.6 is 0 Å². The number of benzene rings is 2. The number of nitrogens with zero attached hydrogens (tertiary/aromatic N) is 1. The molecule has 0 spiro atoms. The van der Waals surface area contributed by atoms with Gasteiger partial charge in [0.1, 0.15) is 0 Å². The largest absolute Gasteiger partial charge is 0.387 e. The third-order valence-electron chi connectivity index (χ3n) is 5.03. The number of hydrogen-bond acceptors (Lipinski definition) is 3. The topological polar surface area (TPSA) is 52.6 Å². The van der Waals surface area contributed by atoms with Gasteiger partial charge in [0.15, 0.2) is 0 Å². The second-order valence-electron chi connectivity index (χ2n) is 7.30. The summed E-state index contributed by atoms with van der Waals surface area (Å²) in [6, 6.07) is 15.9. The van der Waals surface area contributed by atoms with Gasteiger partial charge < -0.3 is 15.3 Å². The van der Waals surface area contributed by atoms with Crippen molar-refractivity contribution in [3.63, 3.8) is 0 Å². The molecule has 1 aliphatic heterocycles. The molecule has 0 radical (unpaired) electrons. The summed E-state index contributed by atoms with van der Waals surface area (Å²) in [5.41, 5.74) is 3.83. The normalized spacial score (nSPS) is 15.8. The molecule has 0 saturated carbocycles. The van der Waals surface area contributed by atoms with E-state index in [4.69, 9.17) is 0 Å². The number of amides is 1. The number of rotatable bonds is 5. The Morgan fingerprint density at radius 3 is 2.60 bits per heavy atom. The molecule has 2 aromatic carbocycles. The van der Waals surface area contributed by atoms with Gasteiger partial charge in [-0.1, -0.05) is 42.5 Å². The maximum absolute atomic E-state index is 11.8. The Balaban J connectivity index is 1.70. The third-order valence-corrected chi connectivity index (χ3v) is 5.03. The fraction of sp³-hybridized carbons (Fsp3) is 0.381.